The van der Waals surface area contributed by atoms with Crippen molar-refractivity contribution in [3.05, 3.63) is 65.2 Å². The van der Waals surface area contributed by atoms with Gasteiger partial charge < -0.3 is 4.90 Å². The minimum atomic E-state index is -3.63. The van der Waals surface area contributed by atoms with E-state index in [-0.39, 0.29) is 5.91 Å². The third kappa shape index (κ3) is 5.50. The van der Waals surface area contributed by atoms with E-state index < -0.39 is 16.1 Å². The average Bonchev–Trinajstić information content (AvgIpc) is 2.69. The Labute approximate surface area is 177 Å². The molecular formula is C21H26ClN3O3S. The van der Waals surface area contributed by atoms with Crippen LogP contribution < -0.4 is 4.31 Å². The zero-order valence-corrected chi connectivity index (χ0v) is 18.2. The number of carbonyl (C=O) groups excluding carboxylic acids is 1. The van der Waals surface area contributed by atoms with Crippen molar-refractivity contribution in [2.75, 3.05) is 36.7 Å². The Kier molecular flexibility index (Phi) is 6.82. The van der Waals surface area contributed by atoms with E-state index in [0.29, 0.717) is 23.8 Å². The maximum atomic E-state index is 13.1. The summed E-state index contributed by atoms with van der Waals surface area (Å²) in [5.74, 6) is -0.190. The number of hydrogen-bond donors (Lipinski definition) is 0. The molecule has 1 heterocycles. The van der Waals surface area contributed by atoms with Gasteiger partial charge in [-0.05, 0) is 36.8 Å². The number of carbonyl (C=O) groups is 1. The van der Waals surface area contributed by atoms with Crippen molar-refractivity contribution in [1.82, 2.24) is 9.80 Å². The third-order valence-corrected chi connectivity index (χ3v) is 6.57. The number of amides is 1. The van der Waals surface area contributed by atoms with Crippen LogP contribution in [0.3, 0.4) is 0 Å². The molecule has 29 heavy (non-hydrogen) atoms. The van der Waals surface area contributed by atoms with Gasteiger partial charge in [-0.3, -0.25) is 14.0 Å². The molecule has 1 amide bonds. The van der Waals surface area contributed by atoms with Crippen LogP contribution in [0.4, 0.5) is 5.69 Å². The van der Waals surface area contributed by atoms with Crippen LogP contribution in [0.15, 0.2) is 54.6 Å². The molecule has 0 bridgehead atoms. The molecule has 8 heteroatoms. The van der Waals surface area contributed by atoms with Crippen molar-refractivity contribution in [1.29, 1.82) is 0 Å². The van der Waals surface area contributed by atoms with E-state index in [1.54, 1.807) is 36.1 Å². The molecule has 3 rings (SSSR count). The molecule has 2 aromatic carbocycles. The van der Waals surface area contributed by atoms with Crippen LogP contribution in [0, 0.1) is 0 Å². The van der Waals surface area contributed by atoms with Gasteiger partial charge in [0.15, 0.2) is 0 Å². The molecule has 0 N–H and O–H groups in total. The largest absolute Gasteiger partial charge is 0.338 e. The standard InChI is InChI=1S/C21H26ClN3O3S/c1-17(25(29(2,27)28)20-10-8-19(22)9-11-20)21(26)24-14-12-23(13-15-24)16-18-6-4-3-5-7-18/h3-11,17H,12-16H2,1-2H3/t17-/m1/s1. The Morgan fingerprint density at radius 1 is 1.03 bits per heavy atom. The Morgan fingerprint density at radius 3 is 2.17 bits per heavy atom. The molecule has 0 aromatic heterocycles. The molecule has 1 saturated heterocycles. The van der Waals surface area contributed by atoms with Gasteiger partial charge in [-0.2, -0.15) is 0 Å². The molecule has 0 saturated carbocycles. The molecule has 1 aliphatic rings. The second kappa shape index (κ2) is 9.15. The van der Waals surface area contributed by atoms with E-state index in [2.05, 4.69) is 17.0 Å². The molecule has 1 atom stereocenters. The smallest absolute Gasteiger partial charge is 0.246 e. The molecule has 0 radical (unpaired) electrons. The van der Waals surface area contributed by atoms with Crippen LogP contribution >= 0.6 is 11.6 Å². The SMILES string of the molecule is C[C@H](C(=O)N1CCN(Cc2ccccc2)CC1)N(c1ccc(Cl)cc1)S(C)(=O)=O. The normalized spacial score (nSPS) is 16.4. The lowest BCUT2D eigenvalue weighted by molar-refractivity contribution is -0.133. The van der Waals surface area contributed by atoms with Crippen LogP contribution in [0.1, 0.15) is 12.5 Å². The lowest BCUT2D eigenvalue weighted by Gasteiger charge is -2.38. The summed E-state index contributed by atoms with van der Waals surface area (Å²) >= 11 is 5.92. The fraction of sp³-hybridized carbons (Fsp3) is 0.381. The topological polar surface area (TPSA) is 60.9 Å². The van der Waals surface area contributed by atoms with Crippen molar-refractivity contribution in [3.63, 3.8) is 0 Å². The molecule has 2 aromatic rings. The molecule has 0 aliphatic carbocycles. The minimum Gasteiger partial charge on any atom is -0.338 e. The van der Waals surface area contributed by atoms with Gasteiger partial charge >= 0.3 is 0 Å². The number of sulfonamides is 1. The highest BCUT2D eigenvalue weighted by Gasteiger charge is 2.33. The quantitative estimate of drug-likeness (QED) is 0.700. The first-order valence-corrected chi connectivity index (χ1v) is 11.8. The summed E-state index contributed by atoms with van der Waals surface area (Å²) in [5, 5.41) is 0.510. The highest BCUT2D eigenvalue weighted by Crippen LogP contribution is 2.24. The Morgan fingerprint density at radius 2 is 1.62 bits per heavy atom. The van der Waals surface area contributed by atoms with Crippen molar-refractivity contribution < 1.29 is 13.2 Å². The zero-order valence-electron chi connectivity index (χ0n) is 16.7. The van der Waals surface area contributed by atoms with Crippen LogP contribution in [0.5, 0.6) is 0 Å². The molecular weight excluding hydrogens is 410 g/mol. The number of rotatable bonds is 6. The highest BCUT2D eigenvalue weighted by molar-refractivity contribution is 7.92. The summed E-state index contributed by atoms with van der Waals surface area (Å²) in [6, 6.07) is 15.9. The first kappa shape index (κ1) is 21.6. The maximum absolute atomic E-state index is 13.1. The average molecular weight is 436 g/mol. The fourth-order valence-electron chi connectivity index (χ4n) is 3.62. The number of hydrogen-bond acceptors (Lipinski definition) is 4. The number of piperazine rings is 1. The van der Waals surface area contributed by atoms with Crippen molar-refractivity contribution in [2.45, 2.75) is 19.5 Å². The van der Waals surface area contributed by atoms with Gasteiger partial charge in [0, 0.05) is 37.7 Å². The van der Waals surface area contributed by atoms with E-state index in [1.165, 1.54) is 9.87 Å². The van der Waals surface area contributed by atoms with Crippen LogP contribution in [0.25, 0.3) is 0 Å². The first-order valence-electron chi connectivity index (χ1n) is 9.56. The summed E-state index contributed by atoms with van der Waals surface area (Å²) in [5.41, 5.74) is 1.67. The molecule has 1 fully saturated rings. The zero-order chi connectivity index (χ0) is 21.0. The van der Waals surface area contributed by atoms with Crippen LogP contribution in [-0.4, -0.2) is 62.6 Å². The Balaban J connectivity index is 1.66. The van der Waals surface area contributed by atoms with Gasteiger partial charge in [-0.25, -0.2) is 8.42 Å². The first-order chi connectivity index (χ1) is 13.8. The predicted octanol–water partition coefficient (Wildman–Crippen LogP) is 2.84. The summed E-state index contributed by atoms with van der Waals surface area (Å²) in [6.07, 6.45) is 1.11. The Bertz CT molecular complexity index is 927. The summed E-state index contributed by atoms with van der Waals surface area (Å²) in [4.78, 5) is 17.1. The predicted molar refractivity (Wildman–Crippen MR) is 117 cm³/mol. The summed E-state index contributed by atoms with van der Waals surface area (Å²) in [6.45, 7) is 5.15. The van der Waals surface area contributed by atoms with E-state index in [4.69, 9.17) is 11.6 Å². The lowest BCUT2D eigenvalue weighted by Crippen LogP contribution is -2.55. The molecule has 0 unspecified atom stereocenters. The van der Waals surface area contributed by atoms with Gasteiger partial charge in [-0.15, -0.1) is 0 Å². The minimum absolute atomic E-state index is 0.190. The van der Waals surface area contributed by atoms with Gasteiger partial charge in [0.2, 0.25) is 15.9 Å². The Hall–Kier alpha value is -2.09. The summed E-state index contributed by atoms with van der Waals surface area (Å²) in [7, 11) is -3.63. The third-order valence-electron chi connectivity index (χ3n) is 5.08. The van der Waals surface area contributed by atoms with Crippen molar-refractivity contribution >= 4 is 33.2 Å². The van der Waals surface area contributed by atoms with Crippen molar-refractivity contribution in [3.8, 4) is 0 Å². The fourth-order valence-corrected chi connectivity index (χ4v) is 4.92. The van der Waals surface area contributed by atoms with Crippen molar-refractivity contribution in [2.24, 2.45) is 0 Å². The number of benzene rings is 2. The van der Waals surface area contributed by atoms with Crippen LogP contribution in [-0.2, 0) is 21.4 Å². The van der Waals surface area contributed by atoms with E-state index in [0.717, 1.165) is 25.9 Å². The van der Waals surface area contributed by atoms with Gasteiger partial charge in [0.1, 0.15) is 6.04 Å². The van der Waals surface area contributed by atoms with Gasteiger partial charge in [0.25, 0.3) is 0 Å². The number of nitrogens with zero attached hydrogens (tertiary/aromatic N) is 3. The lowest BCUT2D eigenvalue weighted by atomic mass is 10.2. The van der Waals surface area contributed by atoms with Gasteiger partial charge in [0.05, 0.1) is 11.9 Å². The molecule has 1 aliphatic heterocycles. The monoisotopic (exact) mass is 435 g/mol. The van der Waals surface area contributed by atoms with E-state index in [9.17, 15) is 13.2 Å². The summed E-state index contributed by atoms with van der Waals surface area (Å²) < 4.78 is 26.0. The highest BCUT2D eigenvalue weighted by atomic mass is 35.5. The van der Waals surface area contributed by atoms with Gasteiger partial charge in [-0.1, -0.05) is 41.9 Å². The number of anilines is 1. The molecule has 0 spiro atoms. The maximum Gasteiger partial charge on any atom is 0.246 e. The van der Waals surface area contributed by atoms with E-state index >= 15 is 0 Å². The second-order valence-corrected chi connectivity index (χ2v) is 9.59. The van der Waals surface area contributed by atoms with Crippen LogP contribution in [0.2, 0.25) is 5.02 Å². The number of halogens is 1. The molecule has 6 nitrogen and oxygen atoms in total. The molecule has 156 valence electrons. The second-order valence-electron chi connectivity index (χ2n) is 7.30. The van der Waals surface area contributed by atoms with E-state index in [1.807, 2.05) is 18.2 Å².